The van der Waals surface area contributed by atoms with E-state index in [2.05, 4.69) is 5.32 Å². The Kier molecular flexibility index (Phi) is 3.98. The average molecular weight is 302 g/mol. The van der Waals surface area contributed by atoms with Crippen molar-refractivity contribution in [2.75, 3.05) is 5.32 Å². The number of carbonyl (C=O) groups excluding carboxylic acids is 1. The zero-order chi connectivity index (χ0) is 15.0. The second-order valence-electron chi connectivity index (χ2n) is 6.58. The molecular weight excluding hydrogens is 280 g/mol. The number of aryl methyl sites for hydroxylation is 1. The molecule has 0 aromatic heterocycles. The molecule has 3 atom stereocenters. The number of thiocarbonyl (C=S) groups is 1. The molecule has 0 heterocycles. The molecule has 3 rings (SSSR count). The van der Waals surface area contributed by atoms with Gasteiger partial charge in [-0.15, -0.1) is 0 Å². The van der Waals surface area contributed by atoms with Crippen LogP contribution >= 0.6 is 12.2 Å². The Morgan fingerprint density at radius 1 is 1.38 bits per heavy atom. The summed E-state index contributed by atoms with van der Waals surface area (Å²) in [5.74, 6) is 2.37. The molecule has 2 bridgehead atoms. The van der Waals surface area contributed by atoms with Crippen molar-refractivity contribution in [3.05, 3.63) is 29.3 Å². The van der Waals surface area contributed by atoms with Crippen molar-refractivity contribution in [3.8, 4) is 0 Å². The van der Waals surface area contributed by atoms with Crippen LogP contribution in [-0.4, -0.2) is 10.9 Å². The Hall–Kier alpha value is -1.42. The zero-order valence-electron chi connectivity index (χ0n) is 12.4. The van der Waals surface area contributed by atoms with Crippen LogP contribution in [0.5, 0.6) is 0 Å². The fourth-order valence-electron chi connectivity index (χ4n) is 3.98. The fourth-order valence-corrected chi connectivity index (χ4v) is 4.10. The van der Waals surface area contributed by atoms with Gasteiger partial charge in [0.15, 0.2) is 0 Å². The van der Waals surface area contributed by atoms with E-state index >= 15 is 0 Å². The van der Waals surface area contributed by atoms with Crippen LogP contribution in [0.2, 0.25) is 0 Å². The maximum atomic E-state index is 12.3. The van der Waals surface area contributed by atoms with Crippen LogP contribution in [0.4, 0.5) is 5.69 Å². The van der Waals surface area contributed by atoms with Crippen molar-refractivity contribution in [2.24, 2.45) is 23.5 Å². The first-order valence-corrected chi connectivity index (χ1v) is 8.14. The molecule has 3 unspecified atom stereocenters. The van der Waals surface area contributed by atoms with E-state index in [4.69, 9.17) is 18.0 Å². The largest absolute Gasteiger partial charge is 0.389 e. The number of nitrogens with one attached hydrogen (secondary N) is 1. The molecule has 2 saturated carbocycles. The number of hydrogen-bond acceptors (Lipinski definition) is 2. The molecule has 3 N–H and O–H groups in total. The maximum absolute atomic E-state index is 12.3. The third kappa shape index (κ3) is 3.10. The molecule has 2 aliphatic carbocycles. The highest BCUT2D eigenvalue weighted by molar-refractivity contribution is 7.80. The van der Waals surface area contributed by atoms with Gasteiger partial charge in [-0.3, -0.25) is 4.79 Å². The van der Waals surface area contributed by atoms with Crippen LogP contribution in [-0.2, 0) is 4.79 Å². The Labute approximate surface area is 131 Å². The van der Waals surface area contributed by atoms with E-state index in [-0.39, 0.29) is 5.91 Å². The van der Waals surface area contributed by atoms with Crippen molar-refractivity contribution < 1.29 is 4.79 Å². The van der Waals surface area contributed by atoms with Crippen LogP contribution < -0.4 is 11.1 Å². The number of hydrogen-bond donors (Lipinski definition) is 2. The van der Waals surface area contributed by atoms with Gasteiger partial charge in [0.25, 0.3) is 0 Å². The van der Waals surface area contributed by atoms with Gasteiger partial charge in [-0.25, -0.2) is 0 Å². The third-order valence-corrected chi connectivity index (χ3v) is 5.36. The highest BCUT2D eigenvalue weighted by atomic mass is 32.1. The molecule has 3 nitrogen and oxygen atoms in total. The monoisotopic (exact) mass is 302 g/mol. The van der Waals surface area contributed by atoms with Gasteiger partial charge >= 0.3 is 0 Å². The lowest BCUT2D eigenvalue weighted by Gasteiger charge is -2.21. The summed E-state index contributed by atoms with van der Waals surface area (Å²) in [4.78, 5) is 12.7. The molecule has 1 amide bonds. The number of amides is 1. The highest BCUT2D eigenvalue weighted by Gasteiger charge is 2.40. The molecular formula is C17H22N2OS. The number of nitrogens with two attached hydrogens (primary N) is 1. The van der Waals surface area contributed by atoms with Crippen molar-refractivity contribution in [1.29, 1.82) is 0 Å². The van der Waals surface area contributed by atoms with Crippen LogP contribution in [0.1, 0.15) is 43.2 Å². The second kappa shape index (κ2) is 5.76. The molecule has 2 fully saturated rings. The van der Waals surface area contributed by atoms with Crippen molar-refractivity contribution in [3.63, 3.8) is 0 Å². The summed E-state index contributed by atoms with van der Waals surface area (Å²) >= 11 is 5.00. The smallest absolute Gasteiger partial charge is 0.224 e. The van der Waals surface area contributed by atoms with E-state index in [1.807, 2.05) is 25.1 Å². The Bertz CT molecular complexity index is 584. The molecule has 0 spiro atoms. The summed E-state index contributed by atoms with van der Waals surface area (Å²) < 4.78 is 0. The van der Waals surface area contributed by atoms with Crippen LogP contribution in [0, 0.1) is 24.7 Å². The summed E-state index contributed by atoms with van der Waals surface area (Å²) in [6.07, 6.45) is 5.92. The first-order valence-electron chi connectivity index (χ1n) is 7.73. The number of fused-ring (bicyclic) bond motifs is 2. The Morgan fingerprint density at radius 2 is 2.19 bits per heavy atom. The van der Waals surface area contributed by atoms with Crippen molar-refractivity contribution >= 4 is 28.8 Å². The van der Waals surface area contributed by atoms with E-state index < -0.39 is 0 Å². The number of carbonyl (C=O) groups is 1. The Balaban J connectivity index is 1.64. The SMILES string of the molecule is Cc1ccc(C(N)=S)cc1NC(=O)CC1CC2CCC1C2. The first-order chi connectivity index (χ1) is 10.0. The molecule has 112 valence electrons. The van der Waals surface area contributed by atoms with E-state index in [9.17, 15) is 4.79 Å². The van der Waals surface area contributed by atoms with Gasteiger partial charge in [0.05, 0.1) is 0 Å². The zero-order valence-corrected chi connectivity index (χ0v) is 13.2. The first kappa shape index (κ1) is 14.5. The van der Waals surface area contributed by atoms with E-state index in [0.717, 1.165) is 28.7 Å². The van der Waals surface area contributed by atoms with Gasteiger partial charge in [0.1, 0.15) is 4.99 Å². The third-order valence-electron chi connectivity index (χ3n) is 5.13. The highest BCUT2D eigenvalue weighted by Crippen LogP contribution is 2.49. The summed E-state index contributed by atoms with van der Waals surface area (Å²) in [6, 6.07) is 5.71. The summed E-state index contributed by atoms with van der Waals surface area (Å²) in [5.41, 5.74) is 8.32. The molecule has 0 saturated heterocycles. The summed E-state index contributed by atoms with van der Waals surface area (Å²) in [5, 5.41) is 3.04. The average Bonchev–Trinajstić information content (AvgIpc) is 3.03. The van der Waals surface area contributed by atoms with Crippen molar-refractivity contribution in [2.45, 2.75) is 39.0 Å². The van der Waals surface area contributed by atoms with Gasteiger partial charge in [0.2, 0.25) is 5.91 Å². The van der Waals surface area contributed by atoms with E-state index in [1.165, 1.54) is 25.7 Å². The number of anilines is 1. The standard InChI is InChI=1S/C17H22N2OS/c1-10-2-4-13(17(18)21)8-15(10)19-16(20)9-14-7-11-3-5-12(14)6-11/h2,4,8,11-12,14H,3,5-7,9H2,1H3,(H2,18,21)(H,19,20). The van der Waals surface area contributed by atoms with Gasteiger partial charge in [0, 0.05) is 17.7 Å². The quantitative estimate of drug-likeness (QED) is 0.838. The predicted octanol–water partition coefficient (Wildman–Crippen LogP) is 3.39. The normalized spacial score (nSPS) is 26.8. The number of benzene rings is 1. The molecule has 21 heavy (non-hydrogen) atoms. The Morgan fingerprint density at radius 3 is 2.81 bits per heavy atom. The predicted molar refractivity (Wildman–Crippen MR) is 89.3 cm³/mol. The molecule has 0 aliphatic heterocycles. The molecule has 0 radical (unpaired) electrons. The lowest BCUT2D eigenvalue weighted by molar-refractivity contribution is -0.117. The van der Waals surface area contributed by atoms with Gasteiger partial charge in [-0.1, -0.05) is 30.8 Å². The topological polar surface area (TPSA) is 55.1 Å². The van der Waals surface area contributed by atoms with E-state index in [0.29, 0.717) is 17.3 Å². The van der Waals surface area contributed by atoms with Crippen molar-refractivity contribution in [1.82, 2.24) is 0 Å². The fraction of sp³-hybridized carbons (Fsp3) is 0.529. The summed E-state index contributed by atoms with van der Waals surface area (Å²) in [7, 11) is 0. The minimum atomic E-state index is 0.121. The lowest BCUT2D eigenvalue weighted by Crippen LogP contribution is -2.21. The maximum Gasteiger partial charge on any atom is 0.224 e. The van der Waals surface area contributed by atoms with Gasteiger partial charge in [-0.2, -0.15) is 0 Å². The minimum absolute atomic E-state index is 0.121. The van der Waals surface area contributed by atoms with Crippen LogP contribution in [0.15, 0.2) is 18.2 Å². The lowest BCUT2D eigenvalue weighted by atomic mass is 9.86. The number of rotatable bonds is 4. The van der Waals surface area contributed by atoms with Crippen LogP contribution in [0.3, 0.4) is 0 Å². The molecule has 1 aromatic rings. The minimum Gasteiger partial charge on any atom is -0.389 e. The molecule has 2 aliphatic rings. The summed E-state index contributed by atoms with van der Waals surface area (Å²) in [6.45, 7) is 1.98. The van der Waals surface area contributed by atoms with E-state index in [1.54, 1.807) is 0 Å². The molecule has 4 heteroatoms. The van der Waals surface area contributed by atoms with Crippen LogP contribution in [0.25, 0.3) is 0 Å². The van der Waals surface area contributed by atoms with Gasteiger partial charge < -0.3 is 11.1 Å². The molecule has 1 aromatic carbocycles. The van der Waals surface area contributed by atoms with Gasteiger partial charge in [-0.05, 0) is 55.6 Å². The second-order valence-corrected chi connectivity index (χ2v) is 7.02.